The minimum Gasteiger partial charge on any atom is -0.313 e. The Labute approximate surface area is 113 Å². The number of nitrogens with one attached hydrogen (secondary N) is 1. The van der Waals surface area contributed by atoms with Crippen LogP contribution in [0.25, 0.3) is 0 Å². The van der Waals surface area contributed by atoms with Crippen LogP contribution in [-0.2, 0) is 0 Å². The van der Waals surface area contributed by atoms with E-state index < -0.39 is 12.1 Å². The summed E-state index contributed by atoms with van der Waals surface area (Å²) in [5.41, 5.74) is 0. The second kappa shape index (κ2) is 6.44. The molecule has 1 N–H and O–H groups in total. The Balaban J connectivity index is 1.80. The highest BCUT2D eigenvalue weighted by Crippen LogP contribution is 2.37. The van der Waals surface area contributed by atoms with E-state index in [1.54, 1.807) is 0 Å². The molecule has 2 nitrogen and oxygen atoms in total. The van der Waals surface area contributed by atoms with Crippen LogP contribution in [0.4, 0.5) is 13.2 Å². The number of alkyl halides is 3. The Morgan fingerprint density at radius 2 is 1.68 bits per heavy atom. The quantitative estimate of drug-likeness (QED) is 0.853. The molecule has 2 fully saturated rings. The van der Waals surface area contributed by atoms with Crippen molar-refractivity contribution in [2.75, 3.05) is 26.7 Å². The summed E-state index contributed by atoms with van der Waals surface area (Å²) in [7, 11) is 2.10. The Morgan fingerprint density at radius 3 is 2.32 bits per heavy atom. The van der Waals surface area contributed by atoms with E-state index in [4.69, 9.17) is 0 Å². The number of hydrogen-bond donors (Lipinski definition) is 1. The highest BCUT2D eigenvalue weighted by atomic mass is 19.4. The Kier molecular flexibility index (Phi) is 5.12. The van der Waals surface area contributed by atoms with E-state index in [0.717, 1.165) is 45.3 Å². The van der Waals surface area contributed by atoms with E-state index in [2.05, 4.69) is 17.3 Å². The van der Waals surface area contributed by atoms with Crippen LogP contribution < -0.4 is 5.32 Å². The first kappa shape index (κ1) is 15.1. The summed E-state index contributed by atoms with van der Waals surface area (Å²) in [5.74, 6) is -0.584. The summed E-state index contributed by atoms with van der Waals surface area (Å²) < 4.78 is 38.9. The molecule has 0 aromatic rings. The average Bonchev–Trinajstić information content (AvgIpc) is 2.37. The molecular formula is C14H25F3N2. The van der Waals surface area contributed by atoms with Crippen LogP contribution in [0.15, 0.2) is 0 Å². The fourth-order valence-corrected chi connectivity index (χ4v) is 3.35. The van der Waals surface area contributed by atoms with Crippen molar-refractivity contribution in [1.29, 1.82) is 0 Å². The van der Waals surface area contributed by atoms with Crippen molar-refractivity contribution < 1.29 is 13.2 Å². The molecular weight excluding hydrogens is 253 g/mol. The molecule has 0 aromatic heterocycles. The van der Waals surface area contributed by atoms with Crippen LogP contribution in [0.2, 0.25) is 0 Å². The minimum atomic E-state index is -4.04. The maximum absolute atomic E-state index is 13.0. The zero-order chi connectivity index (χ0) is 13.9. The van der Waals surface area contributed by atoms with E-state index in [1.807, 2.05) is 0 Å². The first-order chi connectivity index (χ1) is 8.97. The third-order valence-corrected chi connectivity index (χ3v) is 4.69. The van der Waals surface area contributed by atoms with Crippen LogP contribution in [0.5, 0.6) is 0 Å². The van der Waals surface area contributed by atoms with Crippen molar-refractivity contribution in [2.45, 2.75) is 50.7 Å². The van der Waals surface area contributed by atoms with Gasteiger partial charge >= 0.3 is 6.18 Å². The second-order valence-electron chi connectivity index (χ2n) is 6.19. The molecule has 1 saturated carbocycles. The standard InChI is InChI=1S/C14H25F3N2/c1-19-8-6-11(7-9-19)10-18-13-5-3-2-4-12(13)14(15,16)17/h11-13,18H,2-10H2,1H3. The monoisotopic (exact) mass is 278 g/mol. The minimum absolute atomic E-state index is 0.300. The van der Waals surface area contributed by atoms with Crippen molar-refractivity contribution in [3.63, 3.8) is 0 Å². The molecule has 2 aliphatic rings. The molecule has 2 atom stereocenters. The van der Waals surface area contributed by atoms with E-state index in [0.29, 0.717) is 18.8 Å². The van der Waals surface area contributed by atoms with Crippen LogP contribution in [0.3, 0.4) is 0 Å². The smallest absolute Gasteiger partial charge is 0.313 e. The largest absolute Gasteiger partial charge is 0.393 e. The number of piperidine rings is 1. The van der Waals surface area contributed by atoms with Gasteiger partial charge in [0.2, 0.25) is 0 Å². The van der Waals surface area contributed by atoms with Crippen molar-refractivity contribution in [3.8, 4) is 0 Å². The lowest BCUT2D eigenvalue weighted by atomic mass is 9.83. The first-order valence-electron chi connectivity index (χ1n) is 7.45. The Hall–Kier alpha value is -0.290. The van der Waals surface area contributed by atoms with Crippen LogP contribution in [0, 0.1) is 11.8 Å². The summed E-state index contributed by atoms with van der Waals surface area (Å²) in [6, 6.07) is -0.353. The normalized spacial score (nSPS) is 31.6. The molecule has 0 bridgehead atoms. The topological polar surface area (TPSA) is 15.3 Å². The zero-order valence-electron chi connectivity index (χ0n) is 11.7. The molecule has 1 heterocycles. The predicted molar refractivity (Wildman–Crippen MR) is 70.0 cm³/mol. The van der Waals surface area contributed by atoms with Gasteiger partial charge in [0.15, 0.2) is 0 Å². The maximum Gasteiger partial charge on any atom is 0.393 e. The van der Waals surface area contributed by atoms with E-state index in [1.165, 1.54) is 0 Å². The van der Waals surface area contributed by atoms with Crippen molar-refractivity contribution in [2.24, 2.45) is 11.8 Å². The molecule has 2 unspecified atom stereocenters. The van der Waals surface area contributed by atoms with Crippen molar-refractivity contribution >= 4 is 0 Å². The molecule has 1 saturated heterocycles. The van der Waals surface area contributed by atoms with Gasteiger partial charge in [0, 0.05) is 6.04 Å². The van der Waals surface area contributed by atoms with Gasteiger partial charge < -0.3 is 10.2 Å². The molecule has 1 aliphatic heterocycles. The highest BCUT2D eigenvalue weighted by molar-refractivity contribution is 4.86. The average molecular weight is 278 g/mol. The van der Waals surface area contributed by atoms with E-state index in [9.17, 15) is 13.2 Å². The van der Waals surface area contributed by atoms with Gasteiger partial charge in [0.25, 0.3) is 0 Å². The van der Waals surface area contributed by atoms with Gasteiger partial charge in [0.05, 0.1) is 5.92 Å². The molecule has 0 amide bonds. The fraction of sp³-hybridized carbons (Fsp3) is 1.00. The van der Waals surface area contributed by atoms with Gasteiger partial charge in [-0.2, -0.15) is 13.2 Å². The van der Waals surface area contributed by atoms with E-state index in [-0.39, 0.29) is 6.04 Å². The SMILES string of the molecule is CN1CCC(CNC2CCCCC2C(F)(F)F)CC1. The Morgan fingerprint density at radius 1 is 1.05 bits per heavy atom. The first-order valence-corrected chi connectivity index (χ1v) is 7.45. The number of hydrogen-bond acceptors (Lipinski definition) is 2. The van der Waals surface area contributed by atoms with Crippen LogP contribution in [0.1, 0.15) is 38.5 Å². The third-order valence-electron chi connectivity index (χ3n) is 4.69. The van der Waals surface area contributed by atoms with Crippen LogP contribution >= 0.6 is 0 Å². The van der Waals surface area contributed by atoms with E-state index >= 15 is 0 Å². The van der Waals surface area contributed by atoms with Gasteiger partial charge in [-0.3, -0.25) is 0 Å². The summed E-state index contributed by atoms with van der Waals surface area (Å²) in [4.78, 5) is 2.29. The van der Waals surface area contributed by atoms with Crippen molar-refractivity contribution in [1.82, 2.24) is 10.2 Å². The van der Waals surface area contributed by atoms with Gasteiger partial charge in [-0.25, -0.2) is 0 Å². The fourth-order valence-electron chi connectivity index (χ4n) is 3.35. The third kappa shape index (κ3) is 4.35. The molecule has 5 heteroatoms. The zero-order valence-corrected chi connectivity index (χ0v) is 11.7. The van der Waals surface area contributed by atoms with Crippen molar-refractivity contribution in [3.05, 3.63) is 0 Å². The lowest BCUT2D eigenvalue weighted by molar-refractivity contribution is -0.189. The number of likely N-dealkylation sites (tertiary alicyclic amines) is 1. The number of halogens is 3. The summed E-state index contributed by atoms with van der Waals surface area (Å²) in [6.07, 6.45) is 0.796. The Bertz CT molecular complexity index is 272. The summed E-state index contributed by atoms with van der Waals surface area (Å²) in [6.45, 7) is 2.89. The van der Waals surface area contributed by atoms with Crippen LogP contribution in [-0.4, -0.2) is 43.8 Å². The lowest BCUT2D eigenvalue weighted by Crippen LogP contribution is -2.47. The molecule has 0 radical (unpaired) electrons. The highest BCUT2D eigenvalue weighted by Gasteiger charge is 2.45. The molecule has 112 valence electrons. The van der Waals surface area contributed by atoms with Gasteiger partial charge in [-0.15, -0.1) is 0 Å². The van der Waals surface area contributed by atoms with Gasteiger partial charge in [-0.1, -0.05) is 12.8 Å². The summed E-state index contributed by atoms with van der Waals surface area (Å²) >= 11 is 0. The molecule has 0 spiro atoms. The maximum atomic E-state index is 13.0. The second-order valence-corrected chi connectivity index (χ2v) is 6.19. The molecule has 2 rings (SSSR count). The molecule has 19 heavy (non-hydrogen) atoms. The number of rotatable bonds is 3. The lowest BCUT2D eigenvalue weighted by Gasteiger charge is -2.36. The molecule has 0 aromatic carbocycles. The van der Waals surface area contributed by atoms with Gasteiger partial charge in [-0.05, 0) is 58.3 Å². The predicted octanol–water partition coefficient (Wildman–Crippen LogP) is 3.04. The van der Waals surface area contributed by atoms with Gasteiger partial charge in [0.1, 0.15) is 0 Å². The number of nitrogens with zero attached hydrogens (tertiary/aromatic N) is 1. The summed E-state index contributed by atoms with van der Waals surface area (Å²) in [5, 5.41) is 3.22. The molecule has 1 aliphatic carbocycles.